The lowest BCUT2D eigenvalue weighted by Gasteiger charge is -2.27. The van der Waals surface area contributed by atoms with Gasteiger partial charge in [0.2, 0.25) is 0 Å². The first-order chi connectivity index (χ1) is 10.1. The van der Waals surface area contributed by atoms with Crippen LogP contribution < -0.4 is 0 Å². The van der Waals surface area contributed by atoms with Gasteiger partial charge in [0.05, 0.1) is 6.26 Å². The number of ether oxygens (including phenoxy) is 2. The van der Waals surface area contributed by atoms with Gasteiger partial charge in [0.25, 0.3) is 0 Å². The van der Waals surface area contributed by atoms with Gasteiger partial charge in [-0.3, -0.25) is 4.79 Å². The van der Waals surface area contributed by atoms with Crippen molar-refractivity contribution in [2.24, 2.45) is 10.8 Å². The minimum atomic E-state index is -0.637. The molecule has 0 fully saturated rings. The van der Waals surface area contributed by atoms with Crippen LogP contribution in [0.2, 0.25) is 0 Å². The molecule has 0 heterocycles. The molecular weight excluding hydrogens is 280 g/mol. The number of carbonyl (C=O) groups is 1. The Balaban J connectivity index is 0. The monoisotopic (exact) mass is 316 g/mol. The summed E-state index contributed by atoms with van der Waals surface area (Å²) in [5.74, 6) is -0.179. The molecule has 1 unspecified atom stereocenters. The van der Waals surface area contributed by atoms with Crippen LogP contribution in [0, 0.1) is 10.8 Å². The second-order valence-corrected chi connectivity index (χ2v) is 6.96. The van der Waals surface area contributed by atoms with E-state index < -0.39 is 6.29 Å². The molecule has 0 aliphatic carbocycles. The lowest BCUT2D eigenvalue weighted by atomic mass is 9.85. The molecule has 0 rings (SSSR count). The van der Waals surface area contributed by atoms with Crippen molar-refractivity contribution < 1.29 is 19.4 Å². The maximum absolute atomic E-state index is 10.9. The van der Waals surface area contributed by atoms with Crippen LogP contribution in [0.25, 0.3) is 0 Å². The van der Waals surface area contributed by atoms with Crippen LogP contribution >= 0.6 is 0 Å². The van der Waals surface area contributed by atoms with Crippen molar-refractivity contribution >= 4 is 5.97 Å². The molecule has 0 spiro atoms. The van der Waals surface area contributed by atoms with Crippen LogP contribution in [0.4, 0.5) is 0 Å². The number of hydrogen-bond donors (Lipinski definition) is 1. The maximum atomic E-state index is 10.9. The molecule has 1 atom stereocenters. The molecule has 0 aromatic rings. The van der Waals surface area contributed by atoms with Crippen molar-refractivity contribution in [1.82, 2.24) is 0 Å². The first-order valence-corrected chi connectivity index (χ1v) is 8.07. The van der Waals surface area contributed by atoms with Crippen molar-refractivity contribution in [2.75, 3.05) is 7.11 Å². The van der Waals surface area contributed by atoms with Crippen LogP contribution in [-0.4, -0.2) is 24.5 Å². The summed E-state index contributed by atoms with van der Waals surface area (Å²) in [7, 11) is 1.52. The lowest BCUT2D eigenvalue weighted by Crippen LogP contribution is -2.29. The van der Waals surface area contributed by atoms with E-state index in [1.807, 2.05) is 20.8 Å². The molecule has 0 saturated carbocycles. The van der Waals surface area contributed by atoms with Crippen molar-refractivity contribution in [3.05, 3.63) is 12.8 Å². The van der Waals surface area contributed by atoms with E-state index in [4.69, 9.17) is 9.84 Å². The van der Waals surface area contributed by atoms with Gasteiger partial charge in [-0.25, -0.2) is 0 Å². The van der Waals surface area contributed by atoms with Crippen molar-refractivity contribution in [3.8, 4) is 0 Å². The second-order valence-electron chi connectivity index (χ2n) is 6.96. The number of carbonyl (C=O) groups excluding carboxylic acids is 1. The Hall–Kier alpha value is -0.870. The number of methoxy groups -OCH3 is 1. The minimum Gasteiger partial charge on any atom is -0.435 e. The third kappa shape index (κ3) is 11.8. The summed E-state index contributed by atoms with van der Waals surface area (Å²) in [6.45, 7) is 15.9. The Labute approximate surface area is 136 Å². The summed E-state index contributed by atoms with van der Waals surface area (Å²) in [5, 5.41) is 9.16. The zero-order chi connectivity index (χ0) is 17.8. The quantitative estimate of drug-likeness (QED) is 0.381. The summed E-state index contributed by atoms with van der Waals surface area (Å²) >= 11 is 0. The Morgan fingerprint density at radius 2 is 1.77 bits per heavy atom. The molecule has 0 saturated heterocycles. The van der Waals surface area contributed by atoms with Gasteiger partial charge < -0.3 is 14.6 Å². The van der Waals surface area contributed by atoms with Gasteiger partial charge in [0, 0.05) is 18.9 Å². The molecule has 0 radical (unpaired) electrons. The third-order valence-electron chi connectivity index (χ3n) is 4.21. The summed E-state index contributed by atoms with van der Waals surface area (Å²) in [6, 6.07) is 0. The third-order valence-corrected chi connectivity index (χ3v) is 4.21. The molecule has 0 aromatic heterocycles. The molecule has 4 heteroatoms. The van der Waals surface area contributed by atoms with Gasteiger partial charge in [0.1, 0.15) is 0 Å². The molecule has 132 valence electrons. The zero-order valence-electron chi connectivity index (χ0n) is 15.6. The minimum absolute atomic E-state index is 0.116. The highest BCUT2D eigenvalue weighted by Gasteiger charge is 2.24. The molecular formula is C18H36O4. The van der Waals surface area contributed by atoms with E-state index in [9.17, 15) is 4.79 Å². The fourth-order valence-electron chi connectivity index (χ4n) is 1.53. The highest BCUT2D eigenvalue weighted by molar-refractivity contribution is 5.69. The van der Waals surface area contributed by atoms with Crippen LogP contribution in [0.1, 0.15) is 73.6 Å². The molecule has 0 aromatic carbocycles. The fourth-order valence-corrected chi connectivity index (χ4v) is 1.53. The Bertz CT molecular complexity index is 308. The highest BCUT2D eigenvalue weighted by Crippen LogP contribution is 2.26. The van der Waals surface area contributed by atoms with Crippen LogP contribution in [-0.2, 0) is 14.3 Å². The fraction of sp³-hybridized carbons (Fsp3) is 0.833. The predicted molar refractivity (Wildman–Crippen MR) is 91.3 cm³/mol. The SMILES string of the molecule is C=COC(=O)CCCC(C)(C)CC.CCC(C)(C)C(O)OC. The molecule has 0 bridgehead atoms. The summed E-state index contributed by atoms with van der Waals surface area (Å²) in [4.78, 5) is 10.9. The second kappa shape index (κ2) is 11.7. The average molecular weight is 316 g/mol. The van der Waals surface area contributed by atoms with Crippen LogP contribution in [0.3, 0.4) is 0 Å². The van der Waals surface area contributed by atoms with Gasteiger partial charge in [-0.15, -0.1) is 0 Å². The lowest BCUT2D eigenvalue weighted by molar-refractivity contribution is -0.146. The molecule has 22 heavy (non-hydrogen) atoms. The molecule has 4 nitrogen and oxygen atoms in total. The number of rotatable bonds is 9. The highest BCUT2D eigenvalue weighted by atomic mass is 16.6. The Kier molecular flexibility index (Phi) is 12.4. The number of hydrogen-bond acceptors (Lipinski definition) is 4. The van der Waals surface area contributed by atoms with Gasteiger partial charge in [-0.05, 0) is 24.7 Å². The molecule has 0 aliphatic rings. The maximum Gasteiger partial charge on any atom is 0.310 e. The van der Waals surface area contributed by atoms with Crippen LogP contribution in [0.5, 0.6) is 0 Å². The van der Waals surface area contributed by atoms with Crippen molar-refractivity contribution in [3.63, 3.8) is 0 Å². The zero-order valence-corrected chi connectivity index (χ0v) is 15.6. The van der Waals surface area contributed by atoms with E-state index in [1.54, 1.807) is 0 Å². The number of aliphatic hydroxyl groups is 1. The van der Waals surface area contributed by atoms with Crippen LogP contribution in [0.15, 0.2) is 12.8 Å². The topological polar surface area (TPSA) is 55.8 Å². The Morgan fingerprint density at radius 3 is 2.09 bits per heavy atom. The summed E-state index contributed by atoms with van der Waals surface area (Å²) in [5.41, 5.74) is 0.225. The van der Waals surface area contributed by atoms with Gasteiger partial charge >= 0.3 is 5.97 Å². The van der Waals surface area contributed by atoms with Gasteiger partial charge in [-0.1, -0.05) is 54.5 Å². The van der Waals surface area contributed by atoms with E-state index in [0.717, 1.165) is 25.7 Å². The van der Waals surface area contributed by atoms with E-state index in [0.29, 0.717) is 11.8 Å². The first-order valence-electron chi connectivity index (χ1n) is 8.07. The first kappa shape index (κ1) is 23.4. The molecule has 1 N–H and O–H groups in total. The standard InChI is InChI=1S/C11H20O2.C7H16O2/c1-5-11(3,4)9-7-8-10(12)13-6-2;1-5-7(2,3)6(8)9-4/h6H,2,5,7-9H2,1,3-4H3;6,8H,5H2,1-4H3. The Morgan fingerprint density at radius 1 is 1.23 bits per heavy atom. The number of esters is 1. The molecule has 0 aliphatic heterocycles. The predicted octanol–water partition coefficient (Wildman–Crippen LogP) is 4.67. The largest absolute Gasteiger partial charge is 0.435 e. The molecule has 0 amide bonds. The summed E-state index contributed by atoms with van der Waals surface area (Å²) in [6.07, 6.45) is 5.07. The summed E-state index contributed by atoms with van der Waals surface area (Å²) < 4.78 is 9.38. The van der Waals surface area contributed by atoms with E-state index in [1.165, 1.54) is 13.4 Å². The van der Waals surface area contributed by atoms with Crippen molar-refractivity contribution in [2.45, 2.75) is 79.9 Å². The van der Waals surface area contributed by atoms with E-state index in [2.05, 4.69) is 32.1 Å². The van der Waals surface area contributed by atoms with E-state index >= 15 is 0 Å². The van der Waals surface area contributed by atoms with Crippen molar-refractivity contribution in [1.29, 1.82) is 0 Å². The average Bonchev–Trinajstić information content (AvgIpc) is 2.47. The van der Waals surface area contributed by atoms with Gasteiger partial charge in [0.15, 0.2) is 6.29 Å². The normalized spacial score (nSPS) is 12.9. The van der Waals surface area contributed by atoms with Gasteiger partial charge in [-0.2, -0.15) is 0 Å². The number of aliphatic hydroxyl groups excluding tert-OH is 1. The van der Waals surface area contributed by atoms with E-state index in [-0.39, 0.29) is 11.4 Å². The smallest absolute Gasteiger partial charge is 0.310 e.